The van der Waals surface area contributed by atoms with Gasteiger partial charge in [-0.15, -0.1) is 0 Å². The van der Waals surface area contributed by atoms with Gasteiger partial charge in [-0.05, 0) is 49.2 Å². The smallest absolute Gasteiger partial charge is 0.305 e. The second-order valence-corrected chi connectivity index (χ2v) is 8.31. The van der Waals surface area contributed by atoms with Gasteiger partial charge in [0.15, 0.2) is 0 Å². The quantitative estimate of drug-likeness (QED) is 0.263. The Kier molecular flexibility index (Phi) is 7.75. The number of imide groups is 1. The first kappa shape index (κ1) is 22.6. The van der Waals surface area contributed by atoms with Crippen molar-refractivity contribution in [2.45, 2.75) is 19.3 Å². The number of fused-ring (bicyclic) bond motifs is 1. The summed E-state index contributed by atoms with van der Waals surface area (Å²) >= 11 is 15.1. The van der Waals surface area contributed by atoms with E-state index in [1.54, 1.807) is 36.4 Å². The summed E-state index contributed by atoms with van der Waals surface area (Å²) in [5, 5.41) is 0.926. The van der Waals surface area contributed by atoms with Crippen molar-refractivity contribution < 1.29 is 23.9 Å². The Morgan fingerprint density at radius 1 is 0.967 bits per heavy atom. The summed E-state index contributed by atoms with van der Waals surface area (Å²) in [5.41, 5.74) is 0.771. The zero-order chi connectivity index (χ0) is 21.7. The van der Waals surface area contributed by atoms with E-state index in [1.807, 2.05) is 0 Å². The molecule has 0 saturated carbocycles. The summed E-state index contributed by atoms with van der Waals surface area (Å²) in [6.07, 6.45) is 1.02. The van der Waals surface area contributed by atoms with Crippen LogP contribution >= 0.6 is 39.1 Å². The Labute approximate surface area is 192 Å². The van der Waals surface area contributed by atoms with Gasteiger partial charge in [0, 0.05) is 22.5 Å². The van der Waals surface area contributed by atoms with Crippen molar-refractivity contribution in [1.29, 1.82) is 0 Å². The molecule has 0 radical (unpaired) electrons. The molecule has 0 aliphatic carbocycles. The summed E-state index contributed by atoms with van der Waals surface area (Å²) in [5.74, 6) is -0.526. The standard InChI is InChI=1S/C21H18BrCl2NO5/c22-13-4-6-15-16(11-13)21(28)25(20(15)27)8-2-10-30-19(26)3-1-9-29-18-7-5-14(23)12-17(18)24/h4-7,11-12H,1-3,8-10H2. The van der Waals surface area contributed by atoms with Crippen LogP contribution in [0.4, 0.5) is 0 Å². The molecule has 0 fully saturated rings. The van der Waals surface area contributed by atoms with Crippen LogP contribution in [0.1, 0.15) is 40.0 Å². The van der Waals surface area contributed by atoms with E-state index < -0.39 is 0 Å². The zero-order valence-electron chi connectivity index (χ0n) is 15.8. The average molecular weight is 515 g/mol. The molecule has 2 aromatic carbocycles. The first-order chi connectivity index (χ1) is 14.4. The normalized spacial score (nSPS) is 12.8. The lowest BCUT2D eigenvalue weighted by atomic mass is 10.1. The monoisotopic (exact) mass is 513 g/mol. The van der Waals surface area contributed by atoms with Crippen LogP contribution in [0, 0.1) is 0 Å². The third-order valence-electron chi connectivity index (χ3n) is 4.40. The third-order valence-corrected chi connectivity index (χ3v) is 5.42. The molecule has 3 rings (SSSR count). The molecule has 158 valence electrons. The SMILES string of the molecule is O=C(CCCOc1ccc(Cl)cc1Cl)OCCCN1C(=O)c2ccc(Br)cc2C1=O. The number of nitrogens with zero attached hydrogens (tertiary/aromatic N) is 1. The molecule has 2 amide bonds. The fourth-order valence-electron chi connectivity index (χ4n) is 2.94. The number of rotatable bonds is 9. The van der Waals surface area contributed by atoms with Crippen LogP contribution in [0.3, 0.4) is 0 Å². The number of halogens is 3. The van der Waals surface area contributed by atoms with E-state index in [4.69, 9.17) is 32.7 Å². The van der Waals surface area contributed by atoms with Gasteiger partial charge in [0.25, 0.3) is 11.8 Å². The van der Waals surface area contributed by atoms with E-state index in [0.29, 0.717) is 46.4 Å². The number of ether oxygens (including phenoxy) is 2. The number of carbonyl (C=O) groups excluding carboxylic acids is 3. The Hall–Kier alpha value is -2.09. The first-order valence-corrected chi connectivity index (χ1v) is 10.8. The van der Waals surface area contributed by atoms with Crippen molar-refractivity contribution in [1.82, 2.24) is 4.90 Å². The summed E-state index contributed by atoms with van der Waals surface area (Å²) in [7, 11) is 0. The van der Waals surface area contributed by atoms with Crippen LogP contribution in [0.25, 0.3) is 0 Å². The molecule has 2 aromatic rings. The molecule has 0 bridgehead atoms. The van der Waals surface area contributed by atoms with Gasteiger partial charge in [-0.3, -0.25) is 19.3 Å². The topological polar surface area (TPSA) is 72.9 Å². The molecule has 0 aromatic heterocycles. The van der Waals surface area contributed by atoms with Crippen LogP contribution in [-0.4, -0.2) is 42.4 Å². The summed E-state index contributed by atoms with van der Waals surface area (Å²) < 4.78 is 11.4. The van der Waals surface area contributed by atoms with E-state index in [0.717, 1.165) is 4.47 Å². The minimum atomic E-state index is -0.368. The summed E-state index contributed by atoms with van der Waals surface area (Å²) in [4.78, 5) is 37.7. The summed E-state index contributed by atoms with van der Waals surface area (Å²) in [6.45, 7) is 0.621. The Bertz CT molecular complexity index is 982. The molecule has 9 heteroatoms. The van der Waals surface area contributed by atoms with Gasteiger partial charge in [-0.1, -0.05) is 39.1 Å². The highest BCUT2D eigenvalue weighted by Gasteiger charge is 2.35. The predicted octanol–water partition coefficient (Wildman–Crippen LogP) is 5.14. The zero-order valence-corrected chi connectivity index (χ0v) is 18.9. The molecule has 30 heavy (non-hydrogen) atoms. The number of esters is 1. The molecule has 0 atom stereocenters. The van der Waals surface area contributed by atoms with Gasteiger partial charge in [0.05, 0.1) is 29.4 Å². The van der Waals surface area contributed by atoms with Gasteiger partial charge < -0.3 is 9.47 Å². The molecule has 0 spiro atoms. The first-order valence-electron chi connectivity index (χ1n) is 9.26. The summed E-state index contributed by atoms with van der Waals surface area (Å²) in [6, 6.07) is 9.90. The second-order valence-electron chi connectivity index (χ2n) is 6.55. The lowest BCUT2D eigenvalue weighted by molar-refractivity contribution is -0.144. The molecular formula is C21H18BrCl2NO5. The molecule has 0 N–H and O–H groups in total. The molecule has 6 nitrogen and oxygen atoms in total. The molecule has 0 saturated heterocycles. The highest BCUT2D eigenvalue weighted by atomic mass is 79.9. The van der Waals surface area contributed by atoms with Crippen LogP contribution in [0.2, 0.25) is 10.0 Å². The maximum Gasteiger partial charge on any atom is 0.305 e. The molecular weight excluding hydrogens is 497 g/mol. The second kappa shape index (κ2) is 10.3. The van der Waals surface area contributed by atoms with Crippen molar-refractivity contribution in [3.05, 3.63) is 62.0 Å². The molecule has 0 unspecified atom stereocenters. The van der Waals surface area contributed by atoms with Crippen LogP contribution in [-0.2, 0) is 9.53 Å². The van der Waals surface area contributed by atoms with Gasteiger partial charge in [-0.25, -0.2) is 0 Å². The van der Waals surface area contributed by atoms with E-state index in [1.165, 1.54) is 4.90 Å². The van der Waals surface area contributed by atoms with Crippen LogP contribution < -0.4 is 4.74 Å². The third kappa shape index (κ3) is 5.53. The molecule has 1 aliphatic rings. The number of amides is 2. The maximum absolute atomic E-state index is 12.4. The van der Waals surface area contributed by atoms with Crippen molar-refractivity contribution in [2.75, 3.05) is 19.8 Å². The van der Waals surface area contributed by atoms with Gasteiger partial charge in [0.2, 0.25) is 0 Å². The number of benzene rings is 2. The van der Waals surface area contributed by atoms with E-state index >= 15 is 0 Å². The van der Waals surface area contributed by atoms with Crippen molar-refractivity contribution >= 4 is 56.9 Å². The lowest BCUT2D eigenvalue weighted by Crippen LogP contribution is -2.31. The van der Waals surface area contributed by atoms with E-state index in [2.05, 4.69) is 15.9 Å². The highest BCUT2D eigenvalue weighted by molar-refractivity contribution is 9.10. The highest BCUT2D eigenvalue weighted by Crippen LogP contribution is 2.28. The largest absolute Gasteiger partial charge is 0.492 e. The van der Waals surface area contributed by atoms with E-state index in [9.17, 15) is 14.4 Å². The average Bonchev–Trinajstić information content (AvgIpc) is 2.93. The van der Waals surface area contributed by atoms with E-state index in [-0.39, 0.29) is 37.4 Å². The van der Waals surface area contributed by atoms with Gasteiger partial charge in [-0.2, -0.15) is 0 Å². The number of carbonyl (C=O) groups is 3. The van der Waals surface area contributed by atoms with Crippen LogP contribution in [0.5, 0.6) is 5.75 Å². The van der Waals surface area contributed by atoms with Crippen molar-refractivity contribution in [3.8, 4) is 5.75 Å². The minimum Gasteiger partial charge on any atom is -0.492 e. The Morgan fingerprint density at radius 2 is 1.73 bits per heavy atom. The predicted molar refractivity (Wildman–Crippen MR) is 116 cm³/mol. The Balaban J connectivity index is 1.33. The van der Waals surface area contributed by atoms with Gasteiger partial charge in [0.1, 0.15) is 5.75 Å². The number of hydrogen-bond donors (Lipinski definition) is 0. The van der Waals surface area contributed by atoms with Crippen molar-refractivity contribution in [3.63, 3.8) is 0 Å². The number of hydrogen-bond acceptors (Lipinski definition) is 5. The van der Waals surface area contributed by atoms with Crippen molar-refractivity contribution in [2.24, 2.45) is 0 Å². The fraction of sp³-hybridized carbons (Fsp3) is 0.286. The minimum absolute atomic E-state index is 0.125. The lowest BCUT2D eigenvalue weighted by Gasteiger charge is -2.13. The van der Waals surface area contributed by atoms with Crippen LogP contribution in [0.15, 0.2) is 40.9 Å². The fourth-order valence-corrected chi connectivity index (χ4v) is 3.76. The Morgan fingerprint density at radius 3 is 2.50 bits per heavy atom. The molecule has 1 aliphatic heterocycles. The van der Waals surface area contributed by atoms with Gasteiger partial charge >= 0.3 is 5.97 Å². The molecule has 1 heterocycles. The maximum atomic E-state index is 12.4.